The summed E-state index contributed by atoms with van der Waals surface area (Å²) in [5, 5.41) is 2.74. The molecule has 0 saturated carbocycles. The highest BCUT2D eigenvalue weighted by atomic mass is 32.1. The number of piperazine rings is 1. The van der Waals surface area contributed by atoms with Crippen molar-refractivity contribution < 1.29 is 9.18 Å². The molecular weight excluding hydrogens is 363 g/mol. The van der Waals surface area contributed by atoms with E-state index in [-0.39, 0.29) is 18.1 Å². The van der Waals surface area contributed by atoms with E-state index >= 15 is 0 Å². The van der Waals surface area contributed by atoms with Crippen LogP contribution in [0.1, 0.15) is 5.69 Å². The van der Waals surface area contributed by atoms with Crippen LogP contribution < -0.4 is 4.90 Å². The number of hydrogen-bond acceptors (Lipinski definition) is 5. The Morgan fingerprint density at radius 1 is 1.07 bits per heavy atom. The van der Waals surface area contributed by atoms with E-state index in [4.69, 9.17) is 0 Å². The van der Waals surface area contributed by atoms with Crippen molar-refractivity contribution in [3.63, 3.8) is 0 Å². The zero-order chi connectivity index (χ0) is 18.6. The molecule has 0 radical (unpaired) electrons. The van der Waals surface area contributed by atoms with Gasteiger partial charge >= 0.3 is 0 Å². The predicted octanol–water partition coefficient (Wildman–Crippen LogP) is 3.24. The first-order valence-corrected chi connectivity index (χ1v) is 9.72. The number of carbonyl (C=O) groups excluding carboxylic acids is 1. The average Bonchev–Trinajstić information content (AvgIpc) is 3.18. The molecule has 1 aromatic carbocycles. The number of amides is 1. The quantitative estimate of drug-likeness (QED) is 0.695. The fourth-order valence-corrected chi connectivity index (χ4v) is 3.96. The van der Waals surface area contributed by atoms with Gasteiger partial charge in [0.25, 0.3) is 0 Å². The lowest BCUT2D eigenvalue weighted by molar-refractivity contribution is -0.130. The van der Waals surface area contributed by atoms with Crippen LogP contribution in [0, 0.1) is 5.82 Å². The van der Waals surface area contributed by atoms with E-state index in [1.807, 2.05) is 39.4 Å². The molecule has 7 heteroatoms. The lowest BCUT2D eigenvalue weighted by Crippen LogP contribution is -2.49. The van der Waals surface area contributed by atoms with Gasteiger partial charge in [-0.05, 0) is 24.3 Å². The van der Waals surface area contributed by atoms with Crippen LogP contribution in [0.15, 0.2) is 54.0 Å². The molecule has 3 heterocycles. The molecule has 2 aromatic heterocycles. The van der Waals surface area contributed by atoms with E-state index in [1.165, 1.54) is 17.4 Å². The summed E-state index contributed by atoms with van der Waals surface area (Å²) >= 11 is 1.50. The highest BCUT2D eigenvalue weighted by molar-refractivity contribution is 7.13. The highest BCUT2D eigenvalue weighted by Crippen LogP contribution is 2.23. The first-order chi connectivity index (χ1) is 13.2. The fourth-order valence-electron chi connectivity index (χ4n) is 3.17. The molecule has 1 aliphatic heterocycles. The largest absolute Gasteiger partial charge is 0.366 e. The maximum Gasteiger partial charge on any atom is 0.228 e. The van der Waals surface area contributed by atoms with Crippen LogP contribution in [0.2, 0.25) is 0 Å². The molecule has 0 spiro atoms. The van der Waals surface area contributed by atoms with Crippen LogP contribution >= 0.6 is 11.3 Å². The second-order valence-electron chi connectivity index (χ2n) is 6.35. The third-order valence-corrected chi connectivity index (χ3v) is 5.51. The van der Waals surface area contributed by atoms with Gasteiger partial charge in [0.1, 0.15) is 10.8 Å². The molecule has 27 heavy (non-hydrogen) atoms. The molecule has 1 aliphatic rings. The van der Waals surface area contributed by atoms with Gasteiger partial charge in [-0.25, -0.2) is 9.37 Å². The molecule has 4 rings (SSSR count). The number of halogens is 1. The number of anilines is 1. The zero-order valence-corrected chi connectivity index (χ0v) is 15.5. The van der Waals surface area contributed by atoms with Crippen molar-refractivity contribution in [3.8, 4) is 10.7 Å². The van der Waals surface area contributed by atoms with Crippen LogP contribution in [0.5, 0.6) is 0 Å². The monoisotopic (exact) mass is 382 g/mol. The Morgan fingerprint density at radius 2 is 1.85 bits per heavy atom. The summed E-state index contributed by atoms with van der Waals surface area (Å²) in [6.45, 7) is 2.43. The second kappa shape index (κ2) is 7.84. The van der Waals surface area contributed by atoms with Gasteiger partial charge in [0, 0.05) is 37.8 Å². The zero-order valence-electron chi connectivity index (χ0n) is 14.7. The number of nitrogens with zero attached hydrogens (tertiary/aromatic N) is 4. The third-order valence-electron chi connectivity index (χ3n) is 4.59. The molecule has 0 aliphatic carbocycles. The van der Waals surface area contributed by atoms with Gasteiger partial charge in [-0.1, -0.05) is 18.2 Å². The number of hydrogen-bond donors (Lipinski definition) is 0. The van der Waals surface area contributed by atoms with Crippen molar-refractivity contribution in [2.45, 2.75) is 6.42 Å². The van der Waals surface area contributed by atoms with Gasteiger partial charge in [0.05, 0.1) is 23.5 Å². The maximum atomic E-state index is 13.9. The van der Waals surface area contributed by atoms with Crippen molar-refractivity contribution >= 4 is 22.9 Å². The van der Waals surface area contributed by atoms with Crippen molar-refractivity contribution in [2.75, 3.05) is 31.1 Å². The Bertz CT molecular complexity index is 922. The highest BCUT2D eigenvalue weighted by Gasteiger charge is 2.23. The van der Waals surface area contributed by atoms with Gasteiger partial charge in [0.2, 0.25) is 5.91 Å². The fraction of sp³-hybridized carbons (Fsp3) is 0.250. The molecule has 0 N–H and O–H groups in total. The summed E-state index contributed by atoms with van der Waals surface area (Å²) < 4.78 is 13.9. The topological polar surface area (TPSA) is 49.3 Å². The third kappa shape index (κ3) is 3.98. The minimum Gasteiger partial charge on any atom is -0.366 e. The van der Waals surface area contributed by atoms with Crippen molar-refractivity contribution in [1.29, 1.82) is 0 Å². The molecule has 1 amide bonds. The summed E-state index contributed by atoms with van der Waals surface area (Å²) in [6.07, 6.45) is 2.01. The number of pyridine rings is 1. The predicted molar refractivity (Wildman–Crippen MR) is 104 cm³/mol. The van der Waals surface area contributed by atoms with Gasteiger partial charge in [-0.15, -0.1) is 11.3 Å². The van der Waals surface area contributed by atoms with Crippen LogP contribution in [-0.2, 0) is 11.2 Å². The Balaban J connectivity index is 1.35. The van der Waals surface area contributed by atoms with Gasteiger partial charge in [0.15, 0.2) is 0 Å². The molecule has 138 valence electrons. The number of carbonyl (C=O) groups is 1. The van der Waals surface area contributed by atoms with E-state index in [0.29, 0.717) is 31.9 Å². The number of para-hydroxylation sites is 1. The van der Waals surface area contributed by atoms with E-state index in [9.17, 15) is 9.18 Å². The summed E-state index contributed by atoms with van der Waals surface area (Å²) in [4.78, 5) is 25.3. The molecule has 0 atom stereocenters. The van der Waals surface area contributed by atoms with Crippen molar-refractivity contribution in [2.24, 2.45) is 0 Å². The van der Waals surface area contributed by atoms with Gasteiger partial charge in [-0.2, -0.15) is 0 Å². The van der Waals surface area contributed by atoms with Crippen LogP contribution in [0.4, 0.5) is 10.1 Å². The van der Waals surface area contributed by atoms with Crippen LogP contribution in [0.3, 0.4) is 0 Å². The Hall–Kier alpha value is -2.80. The number of thiazole rings is 1. The van der Waals surface area contributed by atoms with Crippen LogP contribution in [-0.4, -0.2) is 47.0 Å². The van der Waals surface area contributed by atoms with Gasteiger partial charge in [-0.3, -0.25) is 9.78 Å². The van der Waals surface area contributed by atoms with E-state index in [1.54, 1.807) is 18.3 Å². The maximum absolute atomic E-state index is 13.9. The Labute approximate surface area is 161 Å². The lowest BCUT2D eigenvalue weighted by Gasteiger charge is -2.36. The Morgan fingerprint density at radius 3 is 2.59 bits per heavy atom. The van der Waals surface area contributed by atoms with Crippen molar-refractivity contribution in [3.05, 3.63) is 65.6 Å². The first-order valence-electron chi connectivity index (χ1n) is 8.84. The molecule has 1 saturated heterocycles. The average molecular weight is 382 g/mol. The molecular formula is C20H19FN4OS. The molecule has 0 unspecified atom stereocenters. The first kappa shape index (κ1) is 17.6. The minimum atomic E-state index is -0.221. The molecule has 1 fully saturated rings. The smallest absolute Gasteiger partial charge is 0.228 e. The lowest BCUT2D eigenvalue weighted by atomic mass is 10.2. The number of rotatable bonds is 4. The normalized spacial score (nSPS) is 14.4. The number of benzene rings is 1. The summed E-state index contributed by atoms with van der Waals surface area (Å²) in [5.41, 5.74) is 2.19. The molecule has 5 nitrogen and oxygen atoms in total. The van der Waals surface area contributed by atoms with E-state index in [0.717, 1.165) is 16.4 Å². The summed E-state index contributed by atoms with van der Waals surface area (Å²) in [7, 11) is 0. The van der Waals surface area contributed by atoms with Gasteiger partial charge < -0.3 is 9.80 Å². The Kier molecular flexibility index (Phi) is 5.11. The number of aromatic nitrogens is 2. The summed E-state index contributed by atoms with van der Waals surface area (Å²) in [6, 6.07) is 12.5. The molecule has 0 bridgehead atoms. The van der Waals surface area contributed by atoms with Crippen LogP contribution in [0.25, 0.3) is 10.7 Å². The minimum absolute atomic E-state index is 0.0565. The van der Waals surface area contributed by atoms with E-state index in [2.05, 4.69) is 9.97 Å². The summed E-state index contributed by atoms with van der Waals surface area (Å²) in [5.74, 6) is -0.164. The molecule has 3 aromatic rings. The SMILES string of the molecule is O=C(Cc1csc(-c2ccccn2)n1)N1CCN(c2ccccc2F)CC1. The van der Waals surface area contributed by atoms with Crippen molar-refractivity contribution in [1.82, 2.24) is 14.9 Å². The second-order valence-corrected chi connectivity index (χ2v) is 7.21. The van der Waals surface area contributed by atoms with E-state index < -0.39 is 0 Å². The standard InChI is InChI=1S/C20H19FN4OS/c21-16-5-1-2-7-18(16)24-9-11-25(12-10-24)19(26)13-15-14-27-20(23-15)17-6-3-4-8-22-17/h1-8,14H,9-13H2.